The maximum absolute atomic E-state index is 13.2. The molecule has 4 nitrogen and oxygen atoms in total. The average Bonchev–Trinajstić information content (AvgIpc) is 2.82. The Labute approximate surface area is 152 Å². The van der Waals surface area contributed by atoms with Crippen LogP contribution in [0.4, 0.5) is 13.6 Å². The number of imide groups is 1. The van der Waals surface area contributed by atoms with Gasteiger partial charge in [0.1, 0.15) is 17.2 Å². The Balaban J connectivity index is 1.94. The van der Waals surface area contributed by atoms with Gasteiger partial charge in [0, 0.05) is 4.47 Å². The summed E-state index contributed by atoms with van der Waals surface area (Å²) in [5.41, 5.74) is -0.0940. The van der Waals surface area contributed by atoms with Crippen LogP contribution >= 0.6 is 15.9 Å². The highest BCUT2D eigenvalue weighted by Gasteiger charge is 2.51. The number of halogens is 3. The molecule has 1 fully saturated rings. The minimum atomic E-state index is -1.22. The topological polar surface area (TPSA) is 49.4 Å². The van der Waals surface area contributed by atoms with Crippen molar-refractivity contribution in [3.05, 3.63) is 69.7 Å². The molecule has 0 spiro atoms. The standard InChI is InChI=1S/C18H15BrF2N2O2/c1-2-18(12-4-7-13(20)8-5-12)16(24)23(17(25)22-18)10-11-3-6-14(21)9-15(11)19/h3-9H,2,10H2,1H3,(H,22,25). The SMILES string of the molecule is CCC1(c2ccc(F)cc2)NC(=O)N(Cc2ccc(F)cc2Br)C1=O. The van der Waals surface area contributed by atoms with Crippen molar-refractivity contribution in [3.63, 3.8) is 0 Å². The van der Waals surface area contributed by atoms with Crippen LogP contribution in [0, 0.1) is 11.6 Å². The Morgan fingerprint density at radius 2 is 1.72 bits per heavy atom. The molecule has 1 heterocycles. The number of benzene rings is 2. The molecule has 1 aliphatic heterocycles. The van der Waals surface area contributed by atoms with Gasteiger partial charge in [-0.05, 0) is 41.8 Å². The molecule has 3 amide bonds. The summed E-state index contributed by atoms with van der Waals surface area (Å²) in [6.07, 6.45) is 0.324. The van der Waals surface area contributed by atoms with Crippen LogP contribution in [-0.4, -0.2) is 16.8 Å². The van der Waals surface area contributed by atoms with E-state index in [2.05, 4.69) is 21.2 Å². The second kappa shape index (κ2) is 6.55. The first-order valence-corrected chi connectivity index (χ1v) is 8.51. The van der Waals surface area contributed by atoms with E-state index in [4.69, 9.17) is 0 Å². The number of amides is 3. The van der Waals surface area contributed by atoms with E-state index in [1.54, 1.807) is 6.92 Å². The van der Waals surface area contributed by atoms with Crippen molar-refractivity contribution in [2.24, 2.45) is 0 Å². The minimum absolute atomic E-state index is 0.00841. The van der Waals surface area contributed by atoms with Crippen LogP contribution in [0.3, 0.4) is 0 Å². The van der Waals surface area contributed by atoms with Gasteiger partial charge in [0.25, 0.3) is 5.91 Å². The molecule has 130 valence electrons. The van der Waals surface area contributed by atoms with E-state index in [0.717, 1.165) is 4.90 Å². The number of nitrogens with one attached hydrogen (secondary N) is 1. The van der Waals surface area contributed by atoms with Crippen LogP contribution in [0.2, 0.25) is 0 Å². The zero-order valence-corrected chi connectivity index (χ0v) is 14.9. The second-order valence-corrected chi connectivity index (χ2v) is 6.68. The first kappa shape index (κ1) is 17.5. The maximum Gasteiger partial charge on any atom is 0.325 e. The molecule has 1 N–H and O–H groups in total. The molecule has 1 saturated heterocycles. The fraction of sp³-hybridized carbons (Fsp3) is 0.222. The first-order chi connectivity index (χ1) is 11.9. The van der Waals surface area contributed by atoms with E-state index >= 15 is 0 Å². The van der Waals surface area contributed by atoms with Gasteiger partial charge in [0.15, 0.2) is 0 Å². The number of nitrogens with zero attached hydrogens (tertiary/aromatic N) is 1. The molecule has 3 rings (SSSR count). The molecule has 0 aliphatic carbocycles. The number of carbonyl (C=O) groups excluding carboxylic acids is 2. The van der Waals surface area contributed by atoms with E-state index in [9.17, 15) is 18.4 Å². The minimum Gasteiger partial charge on any atom is -0.319 e. The van der Waals surface area contributed by atoms with Crippen molar-refractivity contribution in [2.45, 2.75) is 25.4 Å². The summed E-state index contributed by atoms with van der Waals surface area (Å²) in [5, 5.41) is 2.73. The highest BCUT2D eigenvalue weighted by atomic mass is 79.9. The van der Waals surface area contributed by atoms with E-state index in [0.29, 0.717) is 22.0 Å². The number of carbonyl (C=O) groups is 2. The molecule has 0 bridgehead atoms. The molecule has 0 saturated carbocycles. The van der Waals surface area contributed by atoms with Crippen LogP contribution in [0.15, 0.2) is 46.9 Å². The summed E-state index contributed by atoms with van der Waals surface area (Å²) in [5.74, 6) is -1.25. The Morgan fingerprint density at radius 1 is 1.08 bits per heavy atom. The van der Waals surface area contributed by atoms with Crippen molar-refractivity contribution in [3.8, 4) is 0 Å². The number of urea groups is 1. The van der Waals surface area contributed by atoms with Gasteiger partial charge in [-0.25, -0.2) is 13.6 Å². The van der Waals surface area contributed by atoms with Crippen molar-refractivity contribution in [2.75, 3.05) is 0 Å². The predicted octanol–water partition coefficient (Wildman–Crippen LogP) is 4.08. The summed E-state index contributed by atoms with van der Waals surface area (Å²) in [6.45, 7) is 1.79. The van der Waals surface area contributed by atoms with Crippen molar-refractivity contribution >= 4 is 27.9 Å². The molecule has 0 radical (unpaired) electrons. The Hall–Kier alpha value is -2.28. The predicted molar refractivity (Wildman–Crippen MR) is 91.6 cm³/mol. The lowest BCUT2D eigenvalue weighted by Crippen LogP contribution is -2.43. The van der Waals surface area contributed by atoms with Gasteiger partial charge in [-0.15, -0.1) is 0 Å². The maximum atomic E-state index is 13.2. The molecule has 7 heteroatoms. The molecule has 0 aromatic heterocycles. The lowest BCUT2D eigenvalue weighted by molar-refractivity contribution is -0.132. The molecular formula is C18H15BrF2N2O2. The highest BCUT2D eigenvalue weighted by molar-refractivity contribution is 9.10. The normalized spacial score (nSPS) is 20.1. The summed E-state index contributed by atoms with van der Waals surface area (Å²) in [4.78, 5) is 26.5. The lowest BCUT2D eigenvalue weighted by Gasteiger charge is -2.26. The number of rotatable bonds is 4. The van der Waals surface area contributed by atoms with Crippen LogP contribution in [-0.2, 0) is 16.9 Å². The van der Waals surface area contributed by atoms with E-state index in [1.807, 2.05) is 0 Å². The van der Waals surface area contributed by atoms with Crippen molar-refractivity contribution < 1.29 is 18.4 Å². The zero-order valence-electron chi connectivity index (χ0n) is 13.4. The van der Waals surface area contributed by atoms with Gasteiger partial charge in [0.05, 0.1) is 6.54 Å². The highest BCUT2D eigenvalue weighted by Crippen LogP contribution is 2.34. The zero-order chi connectivity index (χ0) is 18.2. The fourth-order valence-electron chi connectivity index (χ4n) is 2.96. The molecule has 25 heavy (non-hydrogen) atoms. The third-order valence-electron chi connectivity index (χ3n) is 4.39. The Morgan fingerprint density at radius 3 is 2.32 bits per heavy atom. The summed E-state index contributed by atoms with van der Waals surface area (Å²) >= 11 is 3.24. The average molecular weight is 409 g/mol. The van der Waals surface area contributed by atoms with Gasteiger partial charge < -0.3 is 5.32 Å². The number of hydrogen-bond donors (Lipinski definition) is 1. The van der Waals surface area contributed by atoms with Gasteiger partial charge in [-0.2, -0.15) is 0 Å². The van der Waals surface area contributed by atoms with Crippen LogP contribution in [0.5, 0.6) is 0 Å². The molecule has 1 atom stereocenters. The third kappa shape index (κ3) is 3.04. The molecule has 1 unspecified atom stereocenters. The van der Waals surface area contributed by atoms with Crippen molar-refractivity contribution in [1.29, 1.82) is 0 Å². The third-order valence-corrected chi connectivity index (χ3v) is 5.12. The summed E-state index contributed by atoms with van der Waals surface area (Å²) in [6, 6.07) is 9.03. The van der Waals surface area contributed by atoms with Crippen molar-refractivity contribution in [1.82, 2.24) is 10.2 Å². The van der Waals surface area contributed by atoms with Gasteiger partial charge in [-0.1, -0.05) is 41.1 Å². The fourth-order valence-corrected chi connectivity index (χ4v) is 3.44. The first-order valence-electron chi connectivity index (χ1n) is 7.71. The summed E-state index contributed by atoms with van der Waals surface area (Å²) in [7, 11) is 0. The van der Waals surface area contributed by atoms with Gasteiger partial charge in [-0.3, -0.25) is 9.69 Å². The monoisotopic (exact) mass is 408 g/mol. The van der Waals surface area contributed by atoms with Crippen LogP contribution < -0.4 is 5.32 Å². The van der Waals surface area contributed by atoms with E-state index in [1.165, 1.54) is 42.5 Å². The number of hydrogen-bond acceptors (Lipinski definition) is 2. The Bertz CT molecular complexity index is 841. The van der Waals surface area contributed by atoms with E-state index in [-0.39, 0.29) is 6.54 Å². The quantitative estimate of drug-likeness (QED) is 0.774. The molecule has 2 aromatic rings. The Kier molecular flexibility index (Phi) is 4.60. The second-order valence-electron chi connectivity index (χ2n) is 5.82. The molecule has 2 aromatic carbocycles. The van der Waals surface area contributed by atoms with Gasteiger partial charge in [0.2, 0.25) is 0 Å². The summed E-state index contributed by atoms with van der Waals surface area (Å²) < 4.78 is 26.9. The van der Waals surface area contributed by atoms with Gasteiger partial charge >= 0.3 is 6.03 Å². The van der Waals surface area contributed by atoms with Crippen LogP contribution in [0.1, 0.15) is 24.5 Å². The lowest BCUT2D eigenvalue weighted by atomic mass is 9.87. The molecule has 1 aliphatic rings. The smallest absolute Gasteiger partial charge is 0.319 e. The van der Waals surface area contributed by atoms with E-state index < -0.39 is 29.1 Å². The molecular weight excluding hydrogens is 394 g/mol. The van der Waals surface area contributed by atoms with Crippen LogP contribution in [0.25, 0.3) is 0 Å². The largest absolute Gasteiger partial charge is 0.325 e.